The molecule has 0 aromatic heterocycles. The van der Waals surface area contributed by atoms with Crippen LogP contribution < -0.4 is 5.32 Å². The van der Waals surface area contributed by atoms with Crippen LogP contribution in [0, 0.1) is 0 Å². The summed E-state index contributed by atoms with van der Waals surface area (Å²) in [6, 6.07) is 0. The molecular formula is C12H21NO. The van der Waals surface area contributed by atoms with Gasteiger partial charge in [0.25, 0.3) is 0 Å². The molecule has 0 radical (unpaired) electrons. The molecule has 1 atom stereocenters. The first-order valence-corrected chi connectivity index (χ1v) is 5.98. The Balaban J connectivity index is 1.91. The Morgan fingerprint density at radius 2 is 2.14 bits per heavy atom. The number of morpholine rings is 1. The van der Waals surface area contributed by atoms with Gasteiger partial charge in [0.2, 0.25) is 0 Å². The average molecular weight is 195 g/mol. The quantitative estimate of drug-likeness (QED) is 0.648. The minimum Gasteiger partial charge on any atom is -0.371 e. The Morgan fingerprint density at radius 3 is 3.00 bits per heavy atom. The van der Waals surface area contributed by atoms with Gasteiger partial charge in [0.1, 0.15) is 0 Å². The van der Waals surface area contributed by atoms with E-state index in [0.29, 0.717) is 6.10 Å². The maximum atomic E-state index is 5.78. The van der Waals surface area contributed by atoms with Crippen molar-refractivity contribution >= 4 is 0 Å². The summed E-state index contributed by atoms with van der Waals surface area (Å²) >= 11 is 0. The van der Waals surface area contributed by atoms with Crippen LogP contribution in [0.3, 0.4) is 0 Å². The van der Waals surface area contributed by atoms with E-state index in [1.807, 2.05) is 0 Å². The summed E-state index contributed by atoms with van der Waals surface area (Å²) in [5.41, 5.74) is 1.55. The maximum absolute atomic E-state index is 5.78. The molecule has 1 N–H and O–H groups in total. The maximum Gasteiger partial charge on any atom is 0.0909 e. The van der Waals surface area contributed by atoms with Crippen LogP contribution in [-0.4, -0.2) is 25.8 Å². The third kappa shape index (κ3) is 2.82. The van der Waals surface area contributed by atoms with E-state index >= 15 is 0 Å². The van der Waals surface area contributed by atoms with Crippen molar-refractivity contribution in [2.24, 2.45) is 0 Å². The first kappa shape index (κ1) is 10.2. The lowest BCUT2D eigenvalue weighted by Gasteiger charge is -2.27. The minimum atomic E-state index is 0.377. The summed E-state index contributed by atoms with van der Waals surface area (Å²) in [5, 5.41) is 3.40. The zero-order chi connectivity index (χ0) is 9.64. The fraction of sp³-hybridized carbons (Fsp3) is 0.833. The second-order valence-corrected chi connectivity index (χ2v) is 4.30. The molecule has 1 fully saturated rings. The first-order chi connectivity index (χ1) is 6.97. The van der Waals surface area contributed by atoms with Gasteiger partial charge in [0.15, 0.2) is 0 Å². The largest absolute Gasteiger partial charge is 0.371 e. The van der Waals surface area contributed by atoms with Gasteiger partial charge in [-0.05, 0) is 31.3 Å². The van der Waals surface area contributed by atoms with Gasteiger partial charge in [-0.15, -0.1) is 0 Å². The highest BCUT2D eigenvalue weighted by Crippen LogP contribution is 2.21. The Labute approximate surface area is 86.7 Å². The molecule has 0 bridgehead atoms. The molecule has 2 aliphatic rings. The molecular weight excluding hydrogens is 174 g/mol. The fourth-order valence-corrected chi connectivity index (χ4v) is 2.31. The van der Waals surface area contributed by atoms with Crippen molar-refractivity contribution in [1.29, 1.82) is 0 Å². The molecule has 80 valence electrons. The molecule has 2 heteroatoms. The summed E-state index contributed by atoms with van der Waals surface area (Å²) in [4.78, 5) is 0. The predicted octanol–water partition coefficient (Wildman–Crippen LogP) is 2.26. The van der Waals surface area contributed by atoms with Crippen LogP contribution in [0.5, 0.6) is 0 Å². The summed E-state index contributed by atoms with van der Waals surface area (Å²) in [6.45, 7) is 2.91. The molecule has 14 heavy (non-hydrogen) atoms. The Morgan fingerprint density at radius 1 is 1.21 bits per heavy atom. The highest BCUT2D eigenvalue weighted by Gasteiger charge is 2.17. The van der Waals surface area contributed by atoms with Gasteiger partial charge in [-0.25, -0.2) is 0 Å². The predicted molar refractivity (Wildman–Crippen MR) is 58.4 cm³/mol. The van der Waals surface area contributed by atoms with Crippen molar-refractivity contribution in [3.8, 4) is 0 Å². The van der Waals surface area contributed by atoms with Crippen LogP contribution in [-0.2, 0) is 4.74 Å². The number of nitrogens with one attached hydrogen (secondary N) is 1. The Bertz CT molecular complexity index is 194. The van der Waals surface area contributed by atoms with E-state index < -0.39 is 0 Å². The second kappa shape index (κ2) is 5.52. The number of hydrogen-bond acceptors (Lipinski definition) is 2. The fourth-order valence-electron chi connectivity index (χ4n) is 2.31. The van der Waals surface area contributed by atoms with Gasteiger partial charge in [0, 0.05) is 13.1 Å². The molecule has 1 unspecified atom stereocenters. The molecule has 0 aromatic carbocycles. The first-order valence-electron chi connectivity index (χ1n) is 5.98. The van der Waals surface area contributed by atoms with E-state index in [1.165, 1.54) is 38.5 Å². The molecule has 0 amide bonds. The summed E-state index contributed by atoms with van der Waals surface area (Å²) in [5.74, 6) is 0. The van der Waals surface area contributed by atoms with Gasteiger partial charge in [-0.2, -0.15) is 0 Å². The molecule has 1 aliphatic carbocycles. The normalized spacial score (nSPS) is 34.0. The number of hydrogen-bond donors (Lipinski definition) is 1. The van der Waals surface area contributed by atoms with Crippen molar-refractivity contribution in [1.82, 2.24) is 5.32 Å². The number of allylic oxidation sites excluding steroid dienone is 1. The van der Waals surface area contributed by atoms with Gasteiger partial charge in [-0.3, -0.25) is 0 Å². The zero-order valence-electron chi connectivity index (χ0n) is 8.93. The highest BCUT2D eigenvalue weighted by molar-refractivity contribution is 5.10. The molecule has 0 spiro atoms. The number of ether oxygens (including phenoxy) is 1. The van der Waals surface area contributed by atoms with Crippen molar-refractivity contribution in [2.45, 2.75) is 44.6 Å². The van der Waals surface area contributed by atoms with Gasteiger partial charge >= 0.3 is 0 Å². The van der Waals surface area contributed by atoms with Gasteiger partial charge < -0.3 is 10.1 Å². The van der Waals surface area contributed by atoms with Crippen LogP contribution in [0.1, 0.15) is 38.5 Å². The monoisotopic (exact) mass is 195 g/mol. The van der Waals surface area contributed by atoms with E-state index in [9.17, 15) is 0 Å². The van der Waals surface area contributed by atoms with Crippen LogP contribution in [0.15, 0.2) is 11.6 Å². The van der Waals surface area contributed by atoms with Gasteiger partial charge in [0.05, 0.1) is 12.7 Å². The van der Waals surface area contributed by atoms with Crippen LogP contribution in [0.25, 0.3) is 0 Å². The summed E-state index contributed by atoms with van der Waals surface area (Å²) < 4.78 is 5.78. The number of rotatable bonds is 1. The molecule has 2 rings (SSSR count). The van der Waals surface area contributed by atoms with E-state index in [2.05, 4.69) is 11.4 Å². The standard InChI is InChI=1S/C12H21NO/c1-2-4-6-11(7-5-3-1)12-10-13-8-9-14-12/h6,12-13H,1-5,7-10H2/b11-6+. The zero-order valence-corrected chi connectivity index (χ0v) is 8.93. The Kier molecular flexibility index (Phi) is 4.02. The topological polar surface area (TPSA) is 21.3 Å². The highest BCUT2D eigenvalue weighted by atomic mass is 16.5. The molecule has 1 aliphatic heterocycles. The molecule has 1 heterocycles. The van der Waals surface area contributed by atoms with Crippen LogP contribution in [0.4, 0.5) is 0 Å². The second-order valence-electron chi connectivity index (χ2n) is 4.30. The lowest BCUT2D eigenvalue weighted by atomic mass is 9.96. The lowest BCUT2D eigenvalue weighted by Crippen LogP contribution is -2.39. The Hall–Kier alpha value is -0.340. The van der Waals surface area contributed by atoms with E-state index in [-0.39, 0.29) is 0 Å². The average Bonchev–Trinajstić information content (AvgIpc) is 2.18. The van der Waals surface area contributed by atoms with Crippen molar-refractivity contribution in [3.05, 3.63) is 11.6 Å². The SMILES string of the molecule is C1=C(/C2CNCCO2)CCCCCC/1. The van der Waals surface area contributed by atoms with Crippen LogP contribution in [0.2, 0.25) is 0 Å². The summed E-state index contributed by atoms with van der Waals surface area (Å²) in [7, 11) is 0. The van der Waals surface area contributed by atoms with E-state index in [1.54, 1.807) is 5.57 Å². The third-order valence-electron chi connectivity index (χ3n) is 3.17. The molecule has 1 saturated heterocycles. The van der Waals surface area contributed by atoms with Gasteiger partial charge in [-0.1, -0.05) is 18.9 Å². The van der Waals surface area contributed by atoms with Crippen LogP contribution >= 0.6 is 0 Å². The van der Waals surface area contributed by atoms with E-state index in [4.69, 9.17) is 4.74 Å². The minimum absolute atomic E-state index is 0.377. The van der Waals surface area contributed by atoms with Crippen molar-refractivity contribution in [2.75, 3.05) is 19.7 Å². The van der Waals surface area contributed by atoms with E-state index in [0.717, 1.165) is 19.7 Å². The lowest BCUT2D eigenvalue weighted by molar-refractivity contribution is 0.0492. The van der Waals surface area contributed by atoms with Crippen molar-refractivity contribution in [3.63, 3.8) is 0 Å². The smallest absolute Gasteiger partial charge is 0.0909 e. The molecule has 2 nitrogen and oxygen atoms in total. The third-order valence-corrected chi connectivity index (χ3v) is 3.17. The van der Waals surface area contributed by atoms with Crippen molar-refractivity contribution < 1.29 is 4.74 Å². The molecule has 0 saturated carbocycles. The molecule has 0 aromatic rings. The summed E-state index contributed by atoms with van der Waals surface area (Å²) in [6.07, 6.45) is 10.8.